The first-order chi connectivity index (χ1) is 7.98. The molecule has 1 fully saturated rings. The third kappa shape index (κ3) is 2.83. The minimum absolute atomic E-state index is 0.251. The highest BCUT2D eigenvalue weighted by atomic mass is 32.2. The lowest BCUT2D eigenvalue weighted by Crippen LogP contribution is -2.48. The zero-order chi connectivity index (χ0) is 12.5. The van der Waals surface area contributed by atoms with E-state index < -0.39 is 10.0 Å². The van der Waals surface area contributed by atoms with Gasteiger partial charge in [0.25, 0.3) is 0 Å². The van der Waals surface area contributed by atoms with Crippen LogP contribution in [0.5, 0.6) is 0 Å². The molecule has 2 rings (SSSR count). The summed E-state index contributed by atoms with van der Waals surface area (Å²) in [6.07, 6.45) is 1.20. The van der Waals surface area contributed by atoms with E-state index in [0.29, 0.717) is 19.6 Å². The average Bonchev–Trinajstić information content (AvgIpc) is 2.29. The Morgan fingerprint density at radius 3 is 2.59 bits per heavy atom. The van der Waals surface area contributed by atoms with Gasteiger partial charge in [0.15, 0.2) is 0 Å². The van der Waals surface area contributed by atoms with Crippen molar-refractivity contribution in [3.63, 3.8) is 0 Å². The number of halogens is 1. The standard InChI is InChI=1S/C11H15FN2O2S/c1-17(15,16)14-7-6-13-8-11(14)9-2-4-10(12)5-3-9/h2-5,11,13H,6-8H2,1H3. The molecule has 0 saturated carbocycles. The van der Waals surface area contributed by atoms with Gasteiger partial charge in [-0.1, -0.05) is 12.1 Å². The number of nitrogens with zero attached hydrogens (tertiary/aromatic N) is 1. The Balaban J connectivity index is 2.31. The second-order valence-electron chi connectivity index (χ2n) is 4.15. The molecule has 1 unspecified atom stereocenters. The molecule has 17 heavy (non-hydrogen) atoms. The number of piperazine rings is 1. The van der Waals surface area contributed by atoms with Gasteiger partial charge in [0.05, 0.1) is 12.3 Å². The monoisotopic (exact) mass is 258 g/mol. The number of nitrogens with one attached hydrogen (secondary N) is 1. The van der Waals surface area contributed by atoms with Crippen molar-refractivity contribution in [3.8, 4) is 0 Å². The number of hydrogen-bond acceptors (Lipinski definition) is 3. The van der Waals surface area contributed by atoms with Gasteiger partial charge < -0.3 is 5.32 Å². The summed E-state index contributed by atoms with van der Waals surface area (Å²) in [4.78, 5) is 0. The molecule has 1 aliphatic rings. The molecule has 0 amide bonds. The summed E-state index contributed by atoms with van der Waals surface area (Å²) in [6.45, 7) is 1.64. The molecule has 4 nitrogen and oxygen atoms in total. The summed E-state index contributed by atoms with van der Waals surface area (Å²) >= 11 is 0. The van der Waals surface area contributed by atoms with E-state index in [4.69, 9.17) is 0 Å². The first-order valence-corrected chi connectivity index (χ1v) is 7.26. The molecule has 0 aromatic heterocycles. The van der Waals surface area contributed by atoms with Crippen LogP contribution in [0.4, 0.5) is 4.39 Å². The van der Waals surface area contributed by atoms with Crippen LogP contribution in [0.3, 0.4) is 0 Å². The van der Waals surface area contributed by atoms with E-state index in [1.807, 2.05) is 0 Å². The molecule has 0 radical (unpaired) electrons. The topological polar surface area (TPSA) is 49.4 Å². The molecule has 1 N–H and O–H groups in total. The van der Waals surface area contributed by atoms with Crippen molar-refractivity contribution in [3.05, 3.63) is 35.6 Å². The lowest BCUT2D eigenvalue weighted by atomic mass is 10.1. The molecule has 94 valence electrons. The van der Waals surface area contributed by atoms with Crippen LogP contribution < -0.4 is 5.32 Å². The van der Waals surface area contributed by atoms with Crippen LogP contribution in [0.1, 0.15) is 11.6 Å². The fourth-order valence-corrected chi connectivity index (χ4v) is 3.13. The van der Waals surface area contributed by atoms with Crippen LogP contribution in [0, 0.1) is 5.82 Å². The zero-order valence-corrected chi connectivity index (χ0v) is 10.4. The highest BCUT2D eigenvalue weighted by molar-refractivity contribution is 7.88. The Morgan fingerprint density at radius 1 is 1.35 bits per heavy atom. The van der Waals surface area contributed by atoms with Gasteiger partial charge in [-0.2, -0.15) is 4.31 Å². The van der Waals surface area contributed by atoms with Crippen molar-refractivity contribution < 1.29 is 12.8 Å². The van der Waals surface area contributed by atoms with E-state index in [1.54, 1.807) is 12.1 Å². The SMILES string of the molecule is CS(=O)(=O)N1CCNCC1c1ccc(F)cc1. The summed E-state index contributed by atoms with van der Waals surface area (Å²) in [5, 5.41) is 3.15. The first kappa shape index (κ1) is 12.5. The van der Waals surface area contributed by atoms with Crippen molar-refractivity contribution in [1.82, 2.24) is 9.62 Å². The minimum atomic E-state index is -3.23. The van der Waals surface area contributed by atoms with Gasteiger partial charge in [0.2, 0.25) is 10.0 Å². The Bertz CT molecular complexity index is 487. The van der Waals surface area contributed by atoms with Crippen molar-refractivity contribution in [2.24, 2.45) is 0 Å². The molecule has 1 aromatic carbocycles. The maximum absolute atomic E-state index is 12.8. The normalized spacial score (nSPS) is 22.6. The van der Waals surface area contributed by atoms with E-state index >= 15 is 0 Å². The van der Waals surface area contributed by atoms with Gasteiger partial charge in [-0.15, -0.1) is 0 Å². The average molecular weight is 258 g/mol. The zero-order valence-electron chi connectivity index (χ0n) is 9.56. The molecular formula is C11H15FN2O2S. The molecule has 6 heteroatoms. The van der Waals surface area contributed by atoms with Gasteiger partial charge in [-0.3, -0.25) is 0 Å². The fraction of sp³-hybridized carbons (Fsp3) is 0.455. The highest BCUT2D eigenvalue weighted by Gasteiger charge is 2.30. The molecule has 0 spiro atoms. The van der Waals surface area contributed by atoms with Gasteiger partial charge >= 0.3 is 0 Å². The van der Waals surface area contributed by atoms with Crippen LogP contribution in [-0.2, 0) is 10.0 Å². The summed E-state index contributed by atoms with van der Waals surface area (Å²) in [5.41, 5.74) is 0.809. The van der Waals surface area contributed by atoms with Gasteiger partial charge in [-0.25, -0.2) is 12.8 Å². The largest absolute Gasteiger partial charge is 0.313 e. The van der Waals surface area contributed by atoms with Crippen molar-refractivity contribution in [1.29, 1.82) is 0 Å². The number of rotatable bonds is 2. The van der Waals surface area contributed by atoms with Gasteiger partial charge in [0.1, 0.15) is 5.82 Å². The van der Waals surface area contributed by atoms with Crippen LogP contribution in [0.2, 0.25) is 0 Å². The number of benzene rings is 1. The third-order valence-corrected chi connectivity index (χ3v) is 4.16. The van der Waals surface area contributed by atoms with E-state index in [9.17, 15) is 12.8 Å². The summed E-state index contributed by atoms with van der Waals surface area (Å²) in [5.74, 6) is -0.316. The maximum Gasteiger partial charge on any atom is 0.211 e. The molecule has 1 heterocycles. The van der Waals surface area contributed by atoms with E-state index in [1.165, 1.54) is 22.7 Å². The molecule has 1 saturated heterocycles. The van der Waals surface area contributed by atoms with Crippen LogP contribution in [0.15, 0.2) is 24.3 Å². The van der Waals surface area contributed by atoms with Crippen LogP contribution >= 0.6 is 0 Å². The summed E-state index contributed by atoms with van der Waals surface area (Å²) in [7, 11) is -3.23. The Morgan fingerprint density at radius 2 is 2.00 bits per heavy atom. The third-order valence-electron chi connectivity index (χ3n) is 2.88. The van der Waals surface area contributed by atoms with Crippen LogP contribution in [0.25, 0.3) is 0 Å². The van der Waals surface area contributed by atoms with Crippen LogP contribution in [-0.4, -0.2) is 38.6 Å². The second kappa shape index (κ2) is 4.72. The predicted octanol–water partition coefficient (Wildman–Crippen LogP) is 0.732. The van der Waals surface area contributed by atoms with Crippen molar-refractivity contribution in [2.45, 2.75) is 6.04 Å². The maximum atomic E-state index is 12.8. The minimum Gasteiger partial charge on any atom is -0.313 e. The smallest absolute Gasteiger partial charge is 0.211 e. The van der Waals surface area contributed by atoms with E-state index in [-0.39, 0.29) is 11.9 Å². The predicted molar refractivity (Wildman–Crippen MR) is 63.6 cm³/mol. The number of hydrogen-bond donors (Lipinski definition) is 1. The van der Waals surface area contributed by atoms with Crippen molar-refractivity contribution in [2.75, 3.05) is 25.9 Å². The van der Waals surface area contributed by atoms with Crippen molar-refractivity contribution >= 4 is 10.0 Å². The molecule has 1 aromatic rings. The molecule has 1 aliphatic heterocycles. The molecule has 1 atom stereocenters. The number of sulfonamides is 1. The first-order valence-electron chi connectivity index (χ1n) is 5.41. The van der Waals surface area contributed by atoms with Gasteiger partial charge in [-0.05, 0) is 17.7 Å². The Hall–Kier alpha value is -0.980. The molecular weight excluding hydrogens is 243 g/mol. The van der Waals surface area contributed by atoms with Gasteiger partial charge in [0, 0.05) is 19.6 Å². The summed E-state index contributed by atoms with van der Waals surface area (Å²) < 4.78 is 37.6. The Labute approximate surface area is 100 Å². The second-order valence-corrected chi connectivity index (χ2v) is 6.08. The van der Waals surface area contributed by atoms with E-state index in [2.05, 4.69) is 5.32 Å². The fourth-order valence-electron chi connectivity index (χ4n) is 2.05. The van der Waals surface area contributed by atoms with E-state index in [0.717, 1.165) is 5.56 Å². The molecule has 0 bridgehead atoms. The lowest BCUT2D eigenvalue weighted by Gasteiger charge is -2.34. The highest BCUT2D eigenvalue weighted by Crippen LogP contribution is 2.24. The Kier molecular flexibility index (Phi) is 3.46. The lowest BCUT2D eigenvalue weighted by molar-refractivity contribution is 0.273. The summed E-state index contributed by atoms with van der Waals surface area (Å²) in [6, 6.07) is 5.71. The quantitative estimate of drug-likeness (QED) is 0.851. The molecule has 0 aliphatic carbocycles.